The molecule has 45 heavy (non-hydrogen) atoms. The first-order chi connectivity index (χ1) is 22.1. The van der Waals surface area contributed by atoms with Gasteiger partial charge in [0.25, 0.3) is 0 Å². The highest BCUT2D eigenvalue weighted by atomic mass is 14.5. The Labute approximate surface area is 266 Å². The highest BCUT2D eigenvalue weighted by Gasteiger charge is 2.51. The molecule has 0 unspecified atom stereocenters. The number of fused-ring (bicyclic) bond motifs is 8. The van der Waals surface area contributed by atoms with Crippen molar-refractivity contribution in [1.29, 1.82) is 0 Å². The molecule has 2 aliphatic rings. The molecule has 5 aromatic carbocycles. The van der Waals surface area contributed by atoms with Crippen LogP contribution in [0.1, 0.15) is 48.6 Å². The predicted octanol–water partition coefficient (Wildman–Crippen LogP) is 11.2. The van der Waals surface area contributed by atoms with Gasteiger partial charge in [-0.25, -0.2) is 0 Å². The molecule has 0 amide bonds. The molecule has 218 valence electrons. The lowest BCUT2D eigenvalue weighted by Crippen LogP contribution is -2.26. The van der Waals surface area contributed by atoms with Crippen molar-refractivity contribution in [3.8, 4) is 22.3 Å². The van der Waals surface area contributed by atoms with Crippen molar-refractivity contribution in [3.63, 3.8) is 0 Å². The van der Waals surface area contributed by atoms with Crippen LogP contribution in [0.3, 0.4) is 0 Å². The normalized spacial score (nSPS) is 15.4. The second kappa shape index (κ2) is 11.6. The van der Waals surface area contributed by atoms with Crippen LogP contribution in [-0.4, -0.2) is 0 Å². The molecule has 0 saturated heterocycles. The van der Waals surface area contributed by atoms with Gasteiger partial charge in [-0.2, -0.15) is 0 Å². The summed E-state index contributed by atoms with van der Waals surface area (Å²) >= 11 is 0. The molecule has 0 bridgehead atoms. The fourth-order valence-corrected chi connectivity index (χ4v) is 7.43. The zero-order valence-corrected chi connectivity index (χ0v) is 26.1. The lowest BCUT2D eigenvalue weighted by molar-refractivity contribution is 0.787. The summed E-state index contributed by atoms with van der Waals surface area (Å²) in [5.74, 6) is 0. The molecule has 0 heterocycles. The van der Waals surface area contributed by atoms with Crippen molar-refractivity contribution in [2.75, 3.05) is 0 Å². The molecule has 7 rings (SSSR count). The third-order valence-corrected chi connectivity index (χ3v) is 9.40. The summed E-state index contributed by atoms with van der Waals surface area (Å²) in [5, 5.41) is 2.52. The largest absolute Gasteiger partial charge is 0.405 e. The molecule has 2 aliphatic carbocycles. The van der Waals surface area contributed by atoms with Crippen molar-refractivity contribution < 1.29 is 0 Å². The van der Waals surface area contributed by atoms with Crippen LogP contribution >= 0.6 is 0 Å². The van der Waals surface area contributed by atoms with E-state index < -0.39 is 0 Å². The number of nitrogens with two attached hydrogens (primary N) is 1. The topological polar surface area (TPSA) is 26.0 Å². The summed E-state index contributed by atoms with van der Waals surface area (Å²) in [5.41, 5.74) is 20.8. The van der Waals surface area contributed by atoms with Crippen LogP contribution in [0.4, 0.5) is 0 Å². The number of rotatable bonds is 6. The maximum absolute atomic E-state index is 5.54. The van der Waals surface area contributed by atoms with Gasteiger partial charge in [0.2, 0.25) is 0 Å². The van der Waals surface area contributed by atoms with E-state index in [1.807, 2.05) is 25.2 Å². The fraction of sp³-hybridized carbons (Fsp3) is 0.0909. The molecule has 0 atom stereocenters. The van der Waals surface area contributed by atoms with E-state index in [1.165, 1.54) is 66.4 Å². The minimum absolute atomic E-state index is 0.326. The van der Waals surface area contributed by atoms with E-state index >= 15 is 0 Å². The third-order valence-electron chi connectivity index (χ3n) is 9.40. The second-order valence-electron chi connectivity index (χ2n) is 11.8. The minimum atomic E-state index is -0.326. The molecule has 0 aromatic heterocycles. The van der Waals surface area contributed by atoms with Crippen LogP contribution in [0.5, 0.6) is 0 Å². The molecule has 0 saturated carbocycles. The predicted molar refractivity (Wildman–Crippen MR) is 194 cm³/mol. The monoisotopic (exact) mass is 579 g/mol. The fourth-order valence-electron chi connectivity index (χ4n) is 7.43. The van der Waals surface area contributed by atoms with Gasteiger partial charge in [0, 0.05) is 0 Å². The Bertz CT molecular complexity index is 2080. The quantitative estimate of drug-likeness (QED) is 0.199. The first kappa shape index (κ1) is 28.4. The van der Waals surface area contributed by atoms with Crippen LogP contribution in [0.2, 0.25) is 0 Å². The molecule has 0 aliphatic heterocycles. The van der Waals surface area contributed by atoms with Crippen molar-refractivity contribution in [2.45, 2.75) is 26.2 Å². The summed E-state index contributed by atoms with van der Waals surface area (Å²) in [6, 6.07) is 38.6. The van der Waals surface area contributed by atoms with Crippen molar-refractivity contribution in [2.24, 2.45) is 5.73 Å². The average molecular weight is 580 g/mol. The third kappa shape index (κ3) is 4.47. The van der Waals surface area contributed by atoms with E-state index in [1.54, 1.807) is 6.20 Å². The second-order valence-corrected chi connectivity index (χ2v) is 11.8. The summed E-state index contributed by atoms with van der Waals surface area (Å²) in [6.45, 7) is 6.46. The molecule has 1 nitrogen and oxygen atoms in total. The van der Waals surface area contributed by atoms with Crippen LogP contribution in [0.15, 0.2) is 164 Å². The van der Waals surface area contributed by atoms with Gasteiger partial charge in [0.1, 0.15) is 0 Å². The Balaban J connectivity index is 1.37. The molecular formula is C44H37N. The van der Waals surface area contributed by atoms with E-state index in [9.17, 15) is 0 Å². The van der Waals surface area contributed by atoms with Crippen molar-refractivity contribution >= 4 is 21.9 Å². The minimum Gasteiger partial charge on any atom is -0.405 e. The Hall–Kier alpha value is -5.40. The highest BCUT2D eigenvalue weighted by Crippen LogP contribution is 2.62. The van der Waals surface area contributed by atoms with E-state index in [0.29, 0.717) is 0 Å². The number of allylic oxidation sites excluding steroid dienone is 11. The SMILES string of the molecule is C/C=C\C1=C(C)c2cc3ccc(-c4ccc(C(/C=C\C=C\N)=C/C=C/C)cc4)cc3cc2C12c1ccccc1-c1ccccc12. The van der Waals surface area contributed by atoms with Gasteiger partial charge < -0.3 is 5.73 Å². The van der Waals surface area contributed by atoms with E-state index in [4.69, 9.17) is 5.73 Å². The molecule has 5 aromatic rings. The Morgan fingerprint density at radius 3 is 1.98 bits per heavy atom. The zero-order valence-electron chi connectivity index (χ0n) is 26.1. The standard InChI is InChI=1S/C44H37N/c1-4-6-14-31(15-11-12-26-45)32-20-22-33(23-21-32)34-24-25-35-28-39-30(3)40(13-5-2)44(43(39)29-36(35)27-34)41-18-9-7-16-37(41)38-17-8-10-19-42(38)44/h4-29H,45H2,1-3H3/b6-4+,13-5-,15-11-,26-12+,31-14+. The summed E-state index contributed by atoms with van der Waals surface area (Å²) in [7, 11) is 0. The van der Waals surface area contributed by atoms with Gasteiger partial charge in [0.05, 0.1) is 5.41 Å². The van der Waals surface area contributed by atoms with Crippen LogP contribution in [0.25, 0.3) is 44.2 Å². The summed E-state index contributed by atoms with van der Waals surface area (Å²) in [6.07, 6.45) is 18.2. The van der Waals surface area contributed by atoms with Gasteiger partial charge in [-0.1, -0.05) is 127 Å². The lowest BCUT2D eigenvalue weighted by atomic mass is 9.69. The maximum atomic E-state index is 5.54. The van der Waals surface area contributed by atoms with Crippen molar-refractivity contribution in [3.05, 3.63) is 191 Å². The zero-order chi connectivity index (χ0) is 31.0. The average Bonchev–Trinajstić information content (AvgIpc) is 3.51. The van der Waals surface area contributed by atoms with Gasteiger partial charge in [-0.3, -0.25) is 0 Å². The lowest BCUT2D eigenvalue weighted by Gasteiger charge is -2.31. The molecular weight excluding hydrogens is 542 g/mol. The Morgan fingerprint density at radius 2 is 1.31 bits per heavy atom. The van der Waals surface area contributed by atoms with Gasteiger partial charge in [0.15, 0.2) is 0 Å². The molecule has 1 spiro atoms. The Morgan fingerprint density at radius 1 is 0.622 bits per heavy atom. The smallest absolute Gasteiger partial charge is 0.0722 e. The van der Waals surface area contributed by atoms with Gasteiger partial charge in [-0.15, -0.1) is 0 Å². The van der Waals surface area contributed by atoms with Crippen LogP contribution < -0.4 is 5.73 Å². The number of benzene rings is 5. The number of hydrogen-bond donors (Lipinski definition) is 1. The first-order valence-electron chi connectivity index (χ1n) is 15.7. The van der Waals surface area contributed by atoms with Crippen LogP contribution in [0, 0.1) is 0 Å². The van der Waals surface area contributed by atoms with E-state index in [0.717, 1.165) is 11.1 Å². The van der Waals surface area contributed by atoms with E-state index in [2.05, 4.69) is 147 Å². The Kier molecular flexibility index (Phi) is 7.31. The van der Waals surface area contributed by atoms with Crippen LogP contribution in [-0.2, 0) is 5.41 Å². The van der Waals surface area contributed by atoms with Crippen molar-refractivity contribution in [1.82, 2.24) is 0 Å². The summed E-state index contributed by atoms with van der Waals surface area (Å²) < 4.78 is 0. The highest BCUT2D eigenvalue weighted by molar-refractivity contribution is 6.00. The van der Waals surface area contributed by atoms with Gasteiger partial charge >= 0.3 is 0 Å². The molecule has 1 heteroatoms. The molecule has 0 fully saturated rings. The first-order valence-corrected chi connectivity index (χ1v) is 15.7. The maximum Gasteiger partial charge on any atom is 0.0722 e. The molecule has 2 N–H and O–H groups in total. The van der Waals surface area contributed by atoms with E-state index in [-0.39, 0.29) is 5.41 Å². The summed E-state index contributed by atoms with van der Waals surface area (Å²) in [4.78, 5) is 0. The molecule has 0 radical (unpaired) electrons. The van der Waals surface area contributed by atoms with Gasteiger partial charge in [-0.05, 0) is 129 Å². The number of hydrogen-bond acceptors (Lipinski definition) is 1.